The van der Waals surface area contributed by atoms with Crippen LogP contribution in [0, 0.1) is 0 Å². The van der Waals surface area contributed by atoms with Crippen molar-refractivity contribution in [2.75, 3.05) is 19.0 Å². The molecule has 3 rings (SSSR count). The number of aromatic amines is 1. The number of aromatic nitrogens is 5. The number of rotatable bonds is 4. The van der Waals surface area contributed by atoms with Crippen molar-refractivity contribution >= 4 is 5.95 Å². The Bertz CT molecular complexity index is 669. The van der Waals surface area contributed by atoms with Crippen molar-refractivity contribution in [2.24, 2.45) is 0 Å². The zero-order valence-corrected chi connectivity index (χ0v) is 11.5. The van der Waals surface area contributed by atoms with Gasteiger partial charge in [0.1, 0.15) is 0 Å². The summed E-state index contributed by atoms with van der Waals surface area (Å²) in [6, 6.07) is 10.2. The van der Waals surface area contributed by atoms with Crippen LogP contribution in [-0.2, 0) is 6.54 Å². The van der Waals surface area contributed by atoms with Crippen molar-refractivity contribution in [3.63, 3.8) is 0 Å². The first-order valence-corrected chi connectivity index (χ1v) is 6.39. The fourth-order valence-corrected chi connectivity index (χ4v) is 2.02. The number of hydrogen-bond acceptors (Lipinski definition) is 4. The third-order valence-corrected chi connectivity index (χ3v) is 2.98. The predicted molar refractivity (Wildman–Crippen MR) is 77.5 cm³/mol. The molecule has 0 amide bonds. The molecule has 0 fully saturated rings. The fourth-order valence-electron chi connectivity index (χ4n) is 2.02. The molecule has 0 spiro atoms. The number of benzene rings is 1. The van der Waals surface area contributed by atoms with E-state index in [9.17, 15) is 0 Å². The molecule has 3 aromatic rings. The Hall–Kier alpha value is -2.63. The van der Waals surface area contributed by atoms with E-state index in [1.165, 1.54) is 5.56 Å². The largest absolute Gasteiger partial charge is 0.347 e. The second kappa shape index (κ2) is 5.16. The monoisotopic (exact) mass is 268 g/mol. The van der Waals surface area contributed by atoms with Gasteiger partial charge in [-0.2, -0.15) is 10.1 Å². The van der Waals surface area contributed by atoms with Crippen molar-refractivity contribution in [1.82, 2.24) is 25.0 Å². The van der Waals surface area contributed by atoms with Gasteiger partial charge in [-0.3, -0.25) is 5.10 Å². The molecule has 0 atom stereocenters. The van der Waals surface area contributed by atoms with Gasteiger partial charge in [0.15, 0.2) is 5.82 Å². The normalized spacial score (nSPS) is 10.7. The van der Waals surface area contributed by atoms with Crippen LogP contribution in [0.1, 0.15) is 5.56 Å². The maximum atomic E-state index is 4.57. The van der Waals surface area contributed by atoms with Crippen LogP contribution in [0.3, 0.4) is 0 Å². The number of nitrogens with one attached hydrogen (secondary N) is 1. The van der Waals surface area contributed by atoms with Crippen molar-refractivity contribution in [1.29, 1.82) is 0 Å². The third kappa shape index (κ3) is 2.40. The first kappa shape index (κ1) is 12.4. The molecule has 6 heteroatoms. The lowest BCUT2D eigenvalue weighted by Gasteiger charge is -2.12. The summed E-state index contributed by atoms with van der Waals surface area (Å²) in [6.45, 7) is 0.694. The molecule has 0 unspecified atom stereocenters. The van der Waals surface area contributed by atoms with Gasteiger partial charge in [0.25, 0.3) is 0 Å². The average Bonchev–Trinajstić information content (AvgIpc) is 3.08. The lowest BCUT2D eigenvalue weighted by molar-refractivity contribution is 0.679. The third-order valence-electron chi connectivity index (χ3n) is 2.98. The Kier molecular flexibility index (Phi) is 3.20. The van der Waals surface area contributed by atoms with Crippen LogP contribution >= 0.6 is 0 Å². The Morgan fingerprint density at radius 2 is 2.00 bits per heavy atom. The maximum Gasteiger partial charge on any atom is 0.224 e. The molecule has 0 radical (unpaired) electrons. The Labute approximate surface area is 117 Å². The highest BCUT2D eigenvalue weighted by Crippen LogP contribution is 2.18. The second-order valence-electron chi connectivity index (χ2n) is 4.76. The van der Waals surface area contributed by atoms with Crippen molar-refractivity contribution in [3.8, 4) is 11.4 Å². The summed E-state index contributed by atoms with van der Waals surface area (Å²) < 4.78 is 1.90. The molecule has 0 aliphatic carbocycles. The van der Waals surface area contributed by atoms with E-state index < -0.39 is 0 Å². The fraction of sp³-hybridized carbons (Fsp3) is 0.214. The molecule has 0 saturated heterocycles. The minimum absolute atomic E-state index is 0.679. The topological polar surface area (TPSA) is 62.6 Å². The highest BCUT2D eigenvalue weighted by molar-refractivity contribution is 5.54. The lowest BCUT2D eigenvalue weighted by atomic mass is 10.2. The van der Waals surface area contributed by atoms with Gasteiger partial charge in [-0.05, 0) is 5.56 Å². The van der Waals surface area contributed by atoms with Gasteiger partial charge in [-0.15, -0.1) is 5.10 Å². The Morgan fingerprint density at radius 1 is 1.20 bits per heavy atom. The van der Waals surface area contributed by atoms with E-state index in [2.05, 4.69) is 32.4 Å². The molecule has 6 nitrogen and oxygen atoms in total. The van der Waals surface area contributed by atoms with Crippen LogP contribution < -0.4 is 4.90 Å². The van der Waals surface area contributed by atoms with Crippen LogP contribution in [0.5, 0.6) is 0 Å². The molecule has 20 heavy (non-hydrogen) atoms. The summed E-state index contributed by atoms with van der Waals surface area (Å²) >= 11 is 0. The standard InChI is InChI=1S/C14H16N6/c1-19(2)14-17-13(12-8-15-16-9-12)18-20(14)10-11-6-4-3-5-7-11/h3-9H,10H2,1-2H3,(H,15,16). The molecule has 1 aromatic carbocycles. The van der Waals surface area contributed by atoms with Gasteiger partial charge < -0.3 is 4.90 Å². The molecule has 0 bridgehead atoms. The van der Waals surface area contributed by atoms with Crippen LogP contribution in [0.15, 0.2) is 42.7 Å². The predicted octanol–water partition coefficient (Wildman–Crippen LogP) is 1.78. The summed E-state index contributed by atoms with van der Waals surface area (Å²) in [6.07, 6.45) is 3.52. The quantitative estimate of drug-likeness (QED) is 0.783. The van der Waals surface area contributed by atoms with Gasteiger partial charge in [0, 0.05) is 20.3 Å². The van der Waals surface area contributed by atoms with E-state index in [0.717, 1.165) is 11.5 Å². The van der Waals surface area contributed by atoms with E-state index in [0.29, 0.717) is 12.4 Å². The summed E-state index contributed by atoms with van der Waals surface area (Å²) in [5.41, 5.74) is 2.08. The Balaban J connectivity index is 1.97. The molecule has 0 aliphatic rings. The Morgan fingerprint density at radius 3 is 2.65 bits per heavy atom. The number of hydrogen-bond donors (Lipinski definition) is 1. The summed E-state index contributed by atoms with van der Waals surface area (Å²) in [5, 5.41) is 11.3. The first-order valence-electron chi connectivity index (χ1n) is 6.39. The zero-order chi connectivity index (χ0) is 13.9. The van der Waals surface area contributed by atoms with Crippen molar-refractivity contribution < 1.29 is 0 Å². The van der Waals surface area contributed by atoms with Crippen molar-refractivity contribution in [2.45, 2.75) is 6.54 Å². The zero-order valence-electron chi connectivity index (χ0n) is 11.5. The number of anilines is 1. The average molecular weight is 268 g/mol. The summed E-state index contributed by atoms with van der Waals surface area (Å²) in [7, 11) is 3.93. The number of nitrogens with zero attached hydrogens (tertiary/aromatic N) is 5. The molecular formula is C14H16N6. The highest BCUT2D eigenvalue weighted by atomic mass is 15.4. The van der Waals surface area contributed by atoms with Crippen LogP contribution in [0.2, 0.25) is 0 Å². The van der Waals surface area contributed by atoms with Crippen LogP contribution in [0.25, 0.3) is 11.4 Å². The molecule has 102 valence electrons. The first-order chi connectivity index (χ1) is 9.74. The SMILES string of the molecule is CN(C)c1nc(-c2cn[nH]c2)nn1Cc1ccccc1. The van der Waals surface area contributed by atoms with E-state index >= 15 is 0 Å². The lowest BCUT2D eigenvalue weighted by Crippen LogP contribution is -2.16. The summed E-state index contributed by atoms with van der Waals surface area (Å²) in [5.74, 6) is 1.50. The van der Waals surface area contributed by atoms with E-state index in [-0.39, 0.29) is 0 Å². The minimum atomic E-state index is 0.679. The summed E-state index contributed by atoms with van der Waals surface area (Å²) in [4.78, 5) is 6.52. The van der Waals surface area contributed by atoms with Gasteiger partial charge in [0.05, 0.1) is 18.3 Å². The van der Waals surface area contributed by atoms with Gasteiger partial charge in [-0.1, -0.05) is 30.3 Å². The molecule has 2 heterocycles. The van der Waals surface area contributed by atoms with Crippen LogP contribution in [-0.4, -0.2) is 39.1 Å². The van der Waals surface area contributed by atoms with Gasteiger partial charge in [-0.25, -0.2) is 4.68 Å². The van der Waals surface area contributed by atoms with Crippen LogP contribution in [0.4, 0.5) is 5.95 Å². The molecule has 0 aliphatic heterocycles. The van der Waals surface area contributed by atoms with E-state index in [1.54, 1.807) is 12.4 Å². The molecular weight excluding hydrogens is 252 g/mol. The highest BCUT2D eigenvalue weighted by Gasteiger charge is 2.14. The molecule has 2 aromatic heterocycles. The number of H-pyrrole nitrogens is 1. The second-order valence-corrected chi connectivity index (χ2v) is 4.76. The van der Waals surface area contributed by atoms with Gasteiger partial charge >= 0.3 is 0 Å². The van der Waals surface area contributed by atoms with E-state index in [1.807, 2.05) is 41.9 Å². The molecule has 0 saturated carbocycles. The molecule has 1 N–H and O–H groups in total. The van der Waals surface area contributed by atoms with Crippen molar-refractivity contribution in [3.05, 3.63) is 48.3 Å². The minimum Gasteiger partial charge on any atom is -0.347 e. The smallest absolute Gasteiger partial charge is 0.224 e. The maximum absolute atomic E-state index is 4.57. The van der Waals surface area contributed by atoms with E-state index in [4.69, 9.17) is 0 Å². The van der Waals surface area contributed by atoms with Gasteiger partial charge in [0.2, 0.25) is 5.95 Å².